The zero-order chi connectivity index (χ0) is 18.5. The van der Waals surface area contributed by atoms with Crippen LogP contribution in [0.3, 0.4) is 0 Å². The largest absolute Gasteiger partial charge is 0.396 e. The van der Waals surface area contributed by atoms with Crippen molar-refractivity contribution in [3.63, 3.8) is 0 Å². The molecule has 0 amide bonds. The normalized spacial score (nSPS) is 22.2. The molecular formula is C18H32N6O2. The highest BCUT2D eigenvalue weighted by atomic mass is 16.5. The maximum Gasteiger partial charge on any atom is 0.229 e. The summed E-state index contributed by atoms with van der Waals surface area (Å²) in [6.45, 7) is 11.4. The highest BCUT2D eigenvalue weighted by molar-refractivity contribution is 5.53. The molecule has 0 bridgehead atoms. The Hall–Kier alpha value is -1.64. The molecule has 1 unspecified atom stereocenters. The van der Waals surface area contributed by atoms with Gasteiger partial charge in [-0.25, -0.2) is 0 Å². The van der Waals surface area contributed by atoms with E-state index < -0.39 is 0 Å². The fraction of sp³-hybridized carbons (Fsp3) is 0.778. The van der Waals surface area contributed by atoms with E-state index >= 15 is 0 Å². The molecule has 3 N–H and O–H groups in total. The van der Waals surface area contributed by atoms with Gasteiger partial charge in [0.2, 0.25) is 5.95 Å². The lowest BCUT2D eigenvalue weighted by atomic mass is 10.1. The van der Waals surface area contributed by atoms with Crippen LogP contribution in [0.1, 0.15) is 20.3 Å². The van der Waals surface area contributed by atoms with Crippen LogP contribution in [-0.2, 0) is 4.74 Å². The Balaban J connectivity index is 1.74. The van der Waals surface area contributed by atoms with Gasteiger partial charge in [0.25, 0.3) is 0 Å². The van der Waals surface area contributed by atoms with Crippen LogP contribution in [-0.4, -0.2) is 85.1 Å². The zero-order valence-corrected chi connectivity index (χ0v) is 16.0. The Morgan fingerprint density at radius 1 is 1.19 bits per heavy atom. The molecule has 0 aromatic carbocycles. The summed E-state index contributed by atoms with van der Waals surface area (Å²) in [7, 11) is 0. The third kappa shape index (κ3) is 4.75. The monoisotopic (exact) mass is 364 g/mol. The van der Waals surface area contributed by atoms with E-state index in [1.807, 2.05) is 6.07 Å². The fourth-order valence-electron chi connectivity index (χ4n) is 3.74. The van der Waals surface area contributed by atoms with Crippen molar-refractivity contribution in [2.24, 2.45) is 5.92 Å². The molecule has 8 heteroatoms. The van der Waals surface area contributed by atoms with Crippen molar-refractivity contribution < 1.29 is 9.84 Å². The fourth-order valence-corrected chi connectivity index (χ4v) is 3.74. The zero-order valence-electron chi connectivity index (χ0n) is 16.0. The van der Waals surface area contributed by atoms with Gasteiger partial charge in [-0.2, -0.15) is 9.97 Å². The van der Waals surface area contributed by atoms with Crippen molar-refractivity contribution in [1.82, 2.24) is 14.9 Å². The number of nitrogens with two attached hydrogens (primary N) is 1. The molecule has 26 heavy (non-hydrogen) atoms. The first-order valence-electron chi connectivity index (χ1n) is 9.64. The molecule has 1 aromatic heterocycles. The van der Waals surface area contributed by atoms with Gasteiger partial charge in [-0.1, -0.05) is 13.8 Å². The summed E-state index contributed by atoms with van der Waals surface area (Å²) in [5.41, 5.74) is 6.07. The number of anilines is 3. The van der Waals surface area contributed by atoms with Crippen molar-refractivity contribution in [3.05, 3.63) is 6.07 Å². The standard InChI is InChI=1S/C18H32N6O2/c1-14(2)12-23-4-5-24(13-15(23)3-8-25)17-11-16(19)20-18(21-17)22-6-9-26-10-7-22/h11,14-15,25H,3-10,12-13H2,1-2H3,(H2,19,20,21). The minimum atomic E-state index is 0.206. The van der Waals surface area contributed by atoms with Gasteiger partial charge >= 0.3 is 0 Å². The van der Waals surface area contributed by atoms with Gasteiger partial charge in [-0.15, -0.1) is 0 Å². The number of hydrogen-bond acceptors (Lipinski definition) is 8. The second kappa shape index (κ2) is 8.83. The van der Waals surface area contributed by atoms with E-state index in [9.17, 15) is 5.11 Å². The van der Waals surface area contributed by atoms with Crippen molar-refractivity contribution in [1.29, 1.82) is 0 Å². The number of ether oxygens (including phenoxy) is 1. The van der Waals surface area contributed by atoms with Crippen LogP contribution in [0.25, 0.3) is 0 Å². The Morgan fingerprint density at radius 3 is 2.65 bits per heavy atom. The number of piperazine rings is 1. The van der Waals surface area contributed by atoms with Gasteiger partial charge in [0.15, 0.2) is 0 Å². The Morgan fingerprint density at radius 2 is 1.96 bits per heavy atom. The van der Waals surface area contributed by atoms with Gasteiger partial charge in [0.1, 0.15) is 11.6 Å². The van der Waals surface area contributed by atoms with Gasteiger partial charge in [0, 0.05) is 58.0 Å². The molecule has 2 aliphatic heterocycles. The molecule has 0 saturated carbocycles. The maximum absolute atomic E-state index is 9.48. The molecule has 146 valence electrons. The van der Waals surface area contributed by atoms with E-state index in [-0.39, 0.29) is 6.61 Å². The van der Waals surface area contributed by atoms with Gasteiger partial charge in [0.05, 0.1) is 13.2 Å². The van der Waals surface area contributed by atoms with E-state index in [0.717, 1.165) is 51.5 Å². The third-order valence-corrected chi connectivity index (χ3v) is 5.01. The number of aliphatic hydroxyl groups excluding tert-OH is 1. The molecule has 1 atom stereocenters. The molecule has 1 aromatic rings. The summed E-state index contributed by atoms with van der Waals surface area (Å²) in [5.74, 6) is 2.68. The van der Waals surface area contributed by atoms with Crippen LogP contribution >= 0.6 is 0 Å². The average molecular weight is 364 g/mol. The average Bonchev–Trinajstić information content (AvgIpc) is 2.63. The quantitative estimate of drug-likeness (QED) is 0.751. The van der Waals surface area contributed by atoms with E-state index in [2.05, 4.69) is 33.5 Å². The first-order chi connectivity index (χ1) is 12.6. The third-order valence-electron chi connectivity index (χ3n) is 5.01. The summed E-state index contributed by atoms with van der Waals surface area (Å²) in [4.78, 5) is 16.1. The van der Waals surface area contributed by atoms with E-state index in [4.69, 9.17) is 15.5 Å². The minimum absolute atomic E-state index is 0.206. The van der Waals surface area contributed by atoms with Crippen molar-refractivity contribution >= 4 is 17.6 Å². The lowest BCUT2D eigenvalue weighted by molar-refractivity contribution is 0.122. The summed E-state index contributed by atoms with van der Waals surface area (Å²) in [5, 5.41) is 9.48. The van der Waals surface area contributed by atoms with Crippen LogP contribution in [0.2, 0.25) is 0 Å². The first kappa shape index (κ1) is 19.1. The van der Waals surface area contributed by atoms with E-state index in [0.29, 0.717) is 36.9 Å². The first-order valence-corrected chi connectivity index (χ1v) is 9.64. The molecule has 3 rings (SSSR count). The molecular weight excluding hydrogens is 332 g/mol. The Bertz CT molecular complexity index is 579. The summed E-state index contributed by atoms with van der Waals surface area (Å²) < 4.78 is 5.41. The predicted octanol–water partition coefficient (Wildman–Crippen LogP) is 0.424. The Labute approximate surface area is 155 Å². The van der Waals surface area contributed by atoms with Gasteiger partial charge in [-0.3, -0.25) is 4.90 Å². The molecule has 0 aliphatic carbocycles. The van der Waals surface area contributed by atoms with Crippen LogP contribution < -0.4 is 15.5 Å². The lowest BCUT2D eigenvalue weighted by Crippen LogP contribution is -2.54. The number of aromatic nitrogens is 2. The van der Waals surface area contributed by atoms with E-state index in [1.54, 1.807) is 0 Å². The highest BCUT2D eigenvalue weighted by Crippen LogP contribution is 2.24. The van der Waals surface area contributed by atoms with Crippen LogP contribution in [0, 0.1) is 5.92 Å². The van der Waals surface area contributed by atoms with Crippen molar-refractivity contribution in [2.45, 2.75) is 26.3 Å². The maximum atomic E-state index is 9.48. The highest BCUT2D eigenvalue weighted by Gasteiger charge is 2.28. The van der Waals surface area contributed by atoms with Crippen LogP contribution in [0.15, 0.2) is 6.07 Å². The van der Waals surface area contributed by atoms with Crippen molar-refractivity contribution in [3.8, 4) is 0 Å². The van der Waals surface area contributed by atoms with Crippen LogP contribution in [0.4, 0.5) is 17.6 Å². The molecule has 3 heterocycles. The molecule has 2 fully saturated rings. The molecule has 0 spiro atoms. The van der Waals surface area contributed by atoms with Crippen LogP contribution in [0.5, 0.6) is 0 Å². The second-order valence-electron chi connectivity index (χ2n) is 7.55. The summed E-state index contributed by atoms with van der Waals surface area (Å²) in [6.07, 6.45) is 0.778. The molecule has 8 nitrogen and oxygen atoms in total. The number of rotatable bonds is 6. The predicted molar refractivity (Wildman–Crippen MR) is 104 cm³/mol. The number of morpholine rings is 1. The Kier molecular flexibility index (Phi) is 6.50. The van der Waals surface area contributed by atoms with Gasteiger partial charge in [-0.05, 0) is 12.3 Å². The number of nitrogens with zero attached hydrogens (tertiary/aromatic N) is 5. The molecule has 2 aliphatic rings. The molecule has 0 radical (unpaired) electrons. The van der Waals surface area contributed by atoms with Gasteiger partial charge < -0.3 is 25.4 Å². The second-order valence-corrected chi connectivity index (χ2v) is 7.55. The molecule has 2 saturated heterocycles. The lowest BCUT2D eigenvalue weighted by Gasteiger charge is -2.42. The number of aliphatic hydroxyl groups is 1. The number of hydrogen-bond donors (Lipinski definition) is 2. The summed E-state index contributed by atoms with van der Waals surface area (Å²) >= 11 is 0. The van der Waals surface area contributed by atoms with E-state index in [1.165, 1.54) is 0 Å². The smallest absolute Gasteiger partial charge is 0.229 e. The number of nitrogen functional groups attached to an aromatic ring is 1. The topological polar surface area (TPSA) is 91.0 Å². The minimum Gasteiger partial charge on any atom is -0.396 e. The SMILES string of the molecule is CC(C)CN1CCN(c2cc(N)nc(N3CCOCC3)n2)CC1CCO. The van der Waals surface area contributed by atoms with Crippen molar-refractivity contribution in [2.75, 3.05) is 74.6 Å². The summed E-state index contributed by atoms with van der Waals surface area (Å²) in [6, 6.07) is 2.19.